The summed E-state index contributed by atoms with van der Waals surface area (Å²) < 4.78 is 1.11. The summed E-state index contributed by atoms with van der Waals surface area (Å²) in [6.07, 6.45) is 8.13. The molecule has 2 aliphatic carbocycles. The van der Waals surface area contributed by atoms with E-state index in [9.17, 15) is 0 Å². The lowest BCUT2D eigenvalue weighted by atomic mass is 9.75. The molecule has 5 aromatic carbocycles. The van der Waals surface area contributed by atoms with E-state index in [2.05, 4.69) is 148 Å². The minimum atomic E-state index is 0.451. The van der Waals surface area contributed by atoms with Crippen molar-refractivity contribution in [3.63, 3.8) is 0 Å². The molecule has 0 N–H and O–H groups in total. The summed E-state index contributed by atoms with van der Waals surface area (Å²) in [6, 6.07) is 39.1. The fourth-order valence-electron chi connectivity index (χ4n) is 5.78. The Hall–Kier alpha value is -3.88. The molecule has 1 nitrogen and oxygen atoms in total. The number of benzene rings is 5. The maximum Gasteiger partial charge on any atom is 0.0473 e. The molecule has 0 fully saturated rings. The summed E-state index contributed by atoms with van der Waals surface area (Å²) in [5.41, 5.74) is 10.1. The largest absolute Gasteiger partial charge is 0.310 e. The molecule has 0 heterocycles. The molecule has 0 bridgehead atoms. The lowest BCUT2D eigenvalue weighted by Crippen LogP contribution is -2.11. The van der Waals surface area contributed by atoms with Crippen molar-refractivity contribution in [3.05, 3.63) is 148 Å². The van der Waals surface area contributed by atoms with Crippen molar-refractivity contribution in [1.29, 1.82) is 0 Å². The molecule has 0 saturated carbocycles. The first-order valence-electron chi connectivity index (χ1n) is 12.4. The van der Waals surface area contributed by atoms with Crippen LogP contribution in [0.5, 0.6) is 0 Å². The highest BCUT2D eigenvalue weighted by molar-refractivity contribution is 9.10. The maximum atomic E-state index is 3.96. The SMILES string of the molecule is Brc1cc(N(c2ccccc2)c2ccccc2)ccc1C1=CCC2C=Cc3cccc4ccc1c2c34. The second kappa shape index (κ2) is 8.65. The van der Waals surface area contributed by atoms with E-state index in [1.807, 2.05) is 0 Å². The lowest BCUT2D eigenvalue weighted by Gasteiger charge is -2.30. The quantitative estimate of drug-likeness (QED) is 0.225. The van der Waals surface area contributed by atoms with Crippen LogP contribution in [0.1, 0.15) is 34.6 Å². The van der Waals surface area contributed by atoms with Crippen LogP contribution in [0.15, 0.2) is 126 Å². The van der Waals surface area contributed by atoms with Gasteiger partial charge in [-0.2, -0.15) is 0 Å². The number of nitrogens with zero attached hydrogens (tertiary/aromatic N) is 1. The van der Waals surface area contributed by atoms with Crippen LogP contribution in [0, 0.1) is 0 Å². The molecule has 172 valence electrons. The van der Waals surface area contributed by atoms with Crippen molar-refractivity contribution in [2.75, 3.05) is 4.90 Å². The van der Waals surface area contributed by atoms with Gasteiger partial charge in [0.25, 0.3) is 0 Å². The highest BCUT2D eigenvalue weighted by atomic mass is 79.9. The molecule has 0 saturated heterocycles. The molecule has 0 radical (unpaired) electrons. The van der Waals surface area contributed by atoms with E-state index in [0.29, 0.717) is 5.92 Å². The van der Waals surface area contributed by atoms with Crippen LogP contribution >= 0.6 is 15.9 Å². The molecule has 36 heavy (non-hydrogen) atoms. The molecule has 0 spiro atoms. The van der Waals surface area contributed by atoms with Crippen LogP contribution in [0.25, 0.3) is 22.4 Å². The zero-order valence-corrected chi connectivity index (χ0v) is 21.3. The Morgan fingerprint density at radius 3 is 2.11 bits per heavy atom. The van der Waals surface area contributed by atoms with Gasteiger partial charge in [0.2, 0.25) is 0 Å². The van der Waals surface area contributed by atoms with Crippen LogP contribution in [0.4, 0.5) is 17.1 Å². The molecule has 7 rings (SSSR count). The normalized spacial score (nSPS) is 15.6. The summed E-state index contributed by atoms with van der Waals surface area (Å²) >= 11 is 3.96. The minimum Gasteiger partial charge on any atom is -0.310 e. The van der Waals surface area contributed by atoms with Crippen LogP contribution in [-0.2, 0) is 0 Å². The Kier molecular flexibility index (Phi) is 5.15. The van der Waals surface area contributed by atoms with Gasteiger partial charge in [-0.05, 0) is 81.4 Å². The monoisotopic (exact) mass is 525 g/mol. The highest BCUT2D eigenvalue weighted by Gasteiger charge is 2.27. The van der Waals surface area contributed by atoms with Gasteiger partial charge in [0.05, 0.1) is 0 Å². The van der Waals surface area contributed by atoms with Crippen molar-refractivity contribution < 1.29 is 0 Å². The molecule has 2 heteroatoms. The third-order valence-corrected chi connectivity index (χ3v) is 8.05. The predicted molar refractivity (Wildman–Crippen MR) is 156 cm³/mol. The van der Waals surface area contributed by atoms with Crippen LogP contribution in [0.2, 0.25) is 0 Å². The first-order chi connectivity index (χ1) is 17.8. The molecular weight excluding hydrogens is 502 g/mol. The second-order valence-electron chi connectivity index (χ2n) is 9.46. The zero-order chi connectivity index (χ0) is 24.1. The summed E-state index contributed by atoms with van der Waals surface area (Å²) in [6.45, 7) is 0. The Balaban J connectivity index is 1.35. The third kappa shape index (κ3) is 3.44. The maximum absolute atomic E-state index is 3.96. The number of halogens is 1. The van der Waals surface area contributed by atoms with Crippen molar-refractivity contribution in [2.24, 2.45) is 0 Å². The van der Waals surface area contributed by atoms with Crippen molar-refractivity contribution in [2.45, 2.75) is 12.3 Å². The smallest absolute Gasteiger partial charge is 0.0473 e. The van der Waals surface area contributed by atoms with Crippen molar-refractivity contribution in [1.82, 2.24) is 0 Å². The van der Waals surface area contributed by atoms with E-state index in [4.69, 9.17) is 0 Å². The molecule has 1 atom stereocenters. The molecule has 0 amide bonds. The van der Waals surface area contributed by atoms with Crippen LogP contribution in [-0.4, -0.2) is 0 Å². The van der Waals surface area contributed by atoms with E-state index in [0.717, 1.165) is 28.0 Å². The van der Waals surface area contributed by atoms with E-state index in [1.54, 1.807) is 0 Å². The molecule has 5 aromatic rings. The van der Waals surface area contributed by atoms with E-state index in [-0.39, 0.29) is 0 Å². The van der Waals surface area contributed by atoms with Gasteiger partial charge in [-0.1, -0.05) is 107 Å². The van der Waals surface area contributed by atoms with E-state index < -0.39 is 0 Å². The van der Waals surface area contributed by atoms with Gasteiger partial charge in [0, 0.05) is 27.5 Å². The zero-order valence-electron chi connectivity index (χ0n) is 19.7. The summed E-state index contributed by atoms with van der Waals surface area (Å²) in [4.78, 5) is 2.30. The summed E-state index contributed by atoms with van der Waals surface area (Å²) in [5.74, 6) is 0.451. The minimum absolute atomic E-state index is 0.451. The Morgan fingerprint density at radius 2 is 1.39 bits per heavy atom. The Labute approximate surface area is 220 Å². The lowest BCUT2D eigenvalue weighted by molar-refractivity contribution is 0.856. The topological polar surface area (TPSA) is 3.24 Å². The van der Waals surface area contributed by atoms with Crippen molar-refractivity contribution >= 4 is 55.4 Å². The van der Waals surface area contributed by atoms with Gasteiger partial charge in [0.15, 0.2) is 0 Å². The van der Waals surface area contributed by atoms with E-state index >= 15 is 0 Å². The van der Waals surface area contributed by atoms with Gasteiger partial charge in [-0.15, -0.1) is 0 Å². The number of anilines is 3. The molecule has 0 aromatic heterocycles. The fourth-order valence-corrected chi connectivity index (χ4v) is 6.36. The summed E-state index contributed by atoms with van der Waals surface area (Å²) in [5, 5.41) is 2.75. The van der Waals surface area contributed by atoms with Gasteiger partial charge in [-0.3, -0.25) is 0 Å². The molecule has 2 aliphatic rings. The van der Waals surface area contributed by atoms with Crippen LogP contribution in [0.3, 0.4) is 0 Å². The standard InChI is InChI=1S/C34H24BrN/c35-32-22-28(36(26-10-3-1-4-11-26)27-12-5-2-6-13-27)18-21-30(32)29-19-16-25-15-14-23-8-7-9-24-17-20-31(29)34(25)33(23)24/h1-15,17-22,25H,16H2. The highest BCUT2D eigenvalue weighted by Crippen LogP contribution is 2.47. The van der Waals surface area contributed by atoms with Crippen LogP contribution < -0.4 is 4.90 Å². The number of hydrogen-bond donors (Lipinski definition) is 0. The average Bonchev–Trinajstić information content (AvgIpc) is 2.93. The van der Waals surface area contributed by atoms with Gasteiger partial charge in [-0.25, -0.2) is 0 Å². The molecule has 1 unspecified atom stereocenters. The van der Waals surface area contributed by atoms with Crippen molar-refractivity contribution in [3.8, 4) is 0 Å². The molecular formula is C34H24BrN. The third-order valence-electron chi connectivity index (χ3n) is 7.39. The molecule has 0 aliphatic heterocycles. The number of allylic oxidation sites excluding steroid dienone is 2. The average molecular weight is 526 g/mol. The Morgan fingerprint density at radius 1 is 0.667 bits per heavy atom. The second-order valence-corrected chi connectivity index (χ2v) is 10.3. The Bertz CT molecular complexity index is 1630. The number of rotatable bonds is 4. The number of hydrogen-bond acceptors (Lipinski definition) is 1. The van der Waals surface area contributed by atoms with Gasteiger partial charge < -0.3 is 4.90 Å². The first-order valence-corrected chi connectivity index (χ1v) is 13.2. The van der Waals surface area contributed by atoms with Gasteiger partial charge in [0.1, 0.15) is 0 Å². The van der Waals surface area contributed by atoms with Gasteiger partial charge >= 0.3 is 0 Å². The fraction of sp³-hybridized carbons (Fsp3) is 0.0588. The first kappa shape index (κ1) is 21.4. The summed E-state index contributed by atoms with van der Waals surface area (Å²) in [7, 11) is 0. The van der Waals surface area contributed by atoms with E-state index in [1.165, 1.54) is 38.6 Å². The predicted octanol–water partition coefficient (Wildman–Crippen LogP) is 10.0. The number of para-hydroxylation sites is 2.